The quantitative estimate of drug-likeness (QED) is 0.840. The van der Waals surface area contributed by atoms with Gasteiger partial charge in [-0.15, -0.1) is 0 Å². The number of hydrogen-bond donors (Lipinski definition) is 1. The largest absolute Gasteiger partial charge is 0.272 e. The second kappa shape index (κ2) is 4.63. The van der Waals surface area contributed by atoms with Gasteiger partial charge in [-0.25, -0.2) is 0 Å². The Balaban J connectivity index is 1.89. The third kappa shape index (κ3) is 1.79. The third-order valence-corrected chi connectivity index (χ3v) is 5.56. The average Bonchev–Trinajstić information content (AvgIpc) is 2.69. The van der Waals surface area contributed by atoms with E-state index in [1.54, 1.807) is 18.3 Å². The SMILES string of the molecule is CC1(C)[C@H]2CC[C@]1(C)C(=O)N(NC(=O)c1cccnc1)C2=O. The number of pyridine rings is 1. The fraction of sp³-hybridized carbons (Fsp3) is 0.500. The average molecular weight is 301 g/mol. The number of fused-ring (bicyclic) bond motifs is 2. The van der Waals surface area contributed by atoms with Crippen molar-refractivity contribution in [3.8, 4) is 0 Å². The third-order valence-electron chi connectivity index (χ3n) is 5.56. The summed E-state index contributed by atoms with van der Waals surface area (Å²) < 4.78 is 0. The van der Waals surface area contributed by atoms with Crippen LogP contribution >= 0.6 is 0 Å². The fourth-order valence-electron chi connectivity index (χ4n) is 3.59. The molecule has 1 saturated heterocycles. The van der Waals surface area contributed by atoms with Crippen molar-refractivity contribution in [2.24, 2.45) is 16.7 Å². The Morgan fingerprint density at radius 2 is 2.09 bits per heavy atom. The summed E-state index contributed by atoms with van der Waals surface area (Å²) in [6, 6.07) is 3.21. The van der Waals surface area contributed by atoms with Gasteiger partial charge in [-0.2, -0.15) is 5.01 Å². The van der Waals surface area contributed by atoms with Gasteiger partial charge >= 0.3 is 0 Å². The minimum absolute atomic E-state index is 0.246. The van der Waals surface area contributed by atoms with Crippen LogP contribution in [0.5, 0.6) is 0 Å². The minimum Gasteiger partial charge on any atom is -0.272 e. The number of nitrogens with zero attached hydrogens (tertiary/aromatic N) is 2. The van der Waals surface area contributed by atoms with Gasteiger partial charge in [0, 0.05) is 18.3 Å². The Kier molecular flexibility index (Phi) is 3.09. The molecule has 2 bridgehead atoms. The van der Waals surface area contributed by atoms with Crippen LogP contribution in [0.3, 0.4) is 0 Å². The summed E-state index contributed by atoms with van der Waals surface area (Å²) in [7, 11) is 0. The summed E-state index contributed by atoms with van der Waals surface area (Å²) in [4.78, 5) is 41.4. The molecule has 3 rings (SSSR count). The van der Waals surface area contributed by atoms with Gasteiger partial charge in [-0.05, 0) is 30.4 Å². The molecule has 6 heteroatoms. The van der Waals surface area contributed by atoms with Crippen molar-refractivity contribution in [3.05, 3.63) is 30.1 Å². The lowest BCUT2D eigenvalue weighted by molar-refractivity contribution is -0.171. The first kappa shape index (κ1) is 14.7. The van der Waals surface area contributed by atoms with E-state index in [0.717, 1.165) is 5.01 Å². The number of nitrogens with one attached hydrogen (secondary N) is 1. The molecule has 2 heterocycles. The maximum atomic E-state index is 12.8. The van der Waals surface area contributed by atoms with Crippen molar-refractivity contribution in [1.29, 1.82) is 0 Å². The molecule has 0 unspecified atom stereocenters. The number of aromatic nitrogens is 1. The van der Waals surface area contributed by atoms with Crippen molar-refractivity contribution in [2.45, 2.75) is 33.6 Å². The predicted molar refractivity (Wildman–Crippen MR) is 78.2 cm³/mol. The Morgan fingerprint density at radius 1 is 1.36 bits per heavy atom. The summed E-state index contributed by atoms with van der Waals surface area (Å²) in [5.41, 5.74) is 1.74. The molecule has 1 aromatic heterocycles. The van der Waals surface area contributed by atoms with Crippen LogP contribution in [-0.2, 0) is 9.59 Å². The maximum Gasteiger partial charge on any atom is 0.271 e. The second-order valence-corrected chi connectivity index (χ2v) is 6.81. The lowest BCUT2D eigenvalue weighted by atomic mass is 9.63. The number of carbonyl (C=O) groups excluding carboxylic acids is 3. The number of hydrazine groups is 1. The van der Waals surface area contributed by atoms with Crippen molar-refractivity contribution in [1.82, 2.24) is 15.4 Å². The van der Waals surface area contributed by atoms with Crippen molar-refractivity contribution in [3.63, 3.8) is 0 Å². The van der Waals surface area contributed by atoms with Gasteiger partial charge in [0.1, 0.15) is 0 Å². The molecular weight excluding hydrogens is 282 g/mol. The molecule has 1 saturated carbocycles. The summed E-state index contributed by atoms with van der Waals surface area (Å²) in [6.45, 7) is 5.80. The highest BCUT2D eigenvalue weighted by atomic mass is 16.2. The number of hydrogen-bond acceptors (Lipinski definition) is 4. The molecule has 3 amide bonds. The normalized spacial score (nSPS) is 29.6. The number of carbonyl (C=O) groups is 3. The monoisotopic (exact) mass is 301 g/mol. The van der Waals surface area contributed by atoms with E-state index in [4.69, 9.17) is 0 Å². The highest BCUT2D eigenvalue weighted by Crippen LogP contribution is 2.59. The van der Waals surface area contributed by atoms with Crippen LogP contribution in [-0.4, -0.2) is 27.7 Å². The Morgan fingerprint density at radius 3 is 2.73 bits per heavy atom. The number of amides is 3. The smallest absolute Gasteiger partial charge is 0.271 e. The Bertz CT molecular complexity index is 656. The van der Waals surface area contributed by atoms with Gasteiger partial charge in [0.15, 0.2) is 0 Å². The van der Waals surface area contributed by atoms with Crippen LogP contribution < -0.4 is 5.43 Å². The van der Waals surface area contributed by atoms with E-state index in [2.05, 4.69) is 10.4 Å². The standard InChI is InChI=1S/C16H19N3O3/c1-15(2)11-6-7-16(15,3)14(22)19(13(11)21)18-12(20)10-5-4-8-17-9-10/h4-5,8-9,11H,6-7H2,1-3H3,(H,18,20)/t11-,16+/m0/s1. The van der Waals surface area contributed by atoms with E-state index in [1.165, 1.54) is 6.20 Å². The van der Waals surface area contributed by atoms with E-state index < -0.39 is 16.7 Å². The van der Waals surface area contributed by atoms with Gasteiger partial charge in [0.25, 0.3) is 17.7 Å². The molecule has 2 aliphatic rings. The van der Waals surface area contributed by atoms with E-state index in [1.807, 2.05) is 20.8 Å². The first-order valence-electron chi connectivity index (χ1n) is 7.38. The number of rotatable bonds is 2. The molecule has 0 spiro atoms. The van der Waals surface area contributed by atoms with Crippen molar-refractivity contribution < 1.29 is 14.4 Å². The van der Waals surface area contributed by atoms with Crippen LogP contribution in [0.4, 0.5) is 0 Å². The zero-order valence-corrected chi connectivity index (χ0v) is 12.9. The van der Waals surface area contributed by atoms with Gasteiger partial charge in [0.05, 0.1) is 11.0 Å². The van der Waals surface area contributed by atoms with E-state index >= 15 is 0 Å². The molecule has 116 valence electrons. The van der Waals surface area contributed by atoms with Gasteiger partial charge < -0.3 is 0 Å². The van der Waals surface area contributed by atoms with Gasteiger partial charge in [-0.3, -0.25) is 24.8 Å². The fourth-order valence-corrected chi connectivity index (χ4v) is 3.59. The van der Waals surface area contributed by atoms with Crippen LogP contribution in [0, 0.1) is 16.7 Å². The minimum atomic E-state index is -0.631. The summed E-state index contributed by atoms with van der Waals surface area (Å²) in [5, 5.41) is 0.915. The highest BCUT2D eigenvalue weighted by molar-refractivity contribution is 6.06. The molecule has 6 nitrogen and oxygen atoms in total. The molecule has 2 atom stereocenters. The number of imide groups is 1. The molecule has 2 fully saturated rings. The highest BCUT2D eigenvalue weighted by Gasteiger charge is 2.64. The second-order valence-electron chi connectivity index (χ2n) is 6.81. The van der Waals surface area contributed by atoms with Crippen molar-refractivity contribution in [2.75, 3.05) is 0 Å². The zero-order chi connectivity index (χ0) is 16.1. The van der Waals surface area contributed by atoms with E-state index in [0.29, 0.717) is 18.4 Å². The lowest BCUT2D eigenvalue weighted by Crippen LogP contribution is -2.63. The molecule has 22 heavy (non-hydrogen) atoms. The molecule has 1 aliphatic heterocycles. The molecule has 1 aromatic rings. The first-order chi connectivity index (χ1) is 10.3. The topological polar surface area (TPSA) is 79.4 Å². The molecule has 1 aliphatic carbocycles. The van der Waals surface area contributed by atoms with Crippen molar-refractivity contribution >= 4 is 17.7 Å². The van der Waals surface area contributed by atoms with E-state index in [-0.39, 0.29) is 17.7 Å². The van der Waals surface area contributed by atoms with Gasteiger partial charge in [-0.1, -0.05) is 20.8 Å². The summed E-state index contributed by atoms with van der Waals surface area (Å²) in [5.74, 6) is -1.39. The summed E-state index contributed by atoms with van der Waals surface area (Å²) >= 11 is 0. The van der Waals surface area contributed by atoms with Crippen LogP contribution in [0.1, 0.15) is 44.0 Å². The number of piperidine rings is 1. The molecular formula is C16H19N3O3. The van der Waals surface area contributed by atoms with Crippen LogP contribution in [0.15, 0.2) is 24.5 Å². The molecule has 1 N–H and O–H groups in total. The van der Waals surface area contributed by atoms with Gasteiger partial charge in [0.2, 0.25) is 0 Å². The maximum absolute atomic E-state index is 12.8. The summed E-state index contributed by atoms with van der Waals surface area (Å²) in [6.07, 6.45) is 4.29. The first-order valence-corrected chi connectivity index (χ1v) is 7.38. The Labute approximate surface area is 128 Å². The molecule has 0 radical (unpaired) electrons. The zero-order valence-electron chi connectivity index (χ0n) is 12.9. The van der Waals surface area contributed by atoms with E-state index in [9.17, 15) is 14.4 Å². The molecule has 0 aromatic carbocycles. The Hall–Kier alpha value is -2.24. The van der Waals surface area contributed by atoms with Crippen LogP contribution in [0.25, 0.3) is 0 Å². The van der Waals surface area contributed by atoms with Crippen LogP contribution in [0.2, 0.25) is 0 Å². The lowest BCUT2D eigenvalue weighted by Gasteiger charge is -2.47. The predicted octanol–water partition coefficient (Wildman–Crippen LogP) is 1.54.